The highest BCUT2D eigenvalue weighted by Crippen LogP contribution is 2.28. The number of ether oxygens (including phenoxy) is 1. The summed E-state index contributed by atoms with van der Waals surface area (Å²) < 4.78 is 6.80. The number of esters is 1. The average molecular weight is 541 g/mol. The average Bonchev–Trinajstić information content (AvgIpc) is 3.64. The van der Waals surface area contributed by atoms with E-state index in [-0.39, 0.29) is 0 Å². The van der Waals surface area contributed by atoms with E-state index in [4.69, 9.17) is 9.84 Å². The molecule has 6 rings (SSSR count). The predicted molar refractivity (Wildman–Crippen MR) is 161 cm³/mol. The van der Waals surface area contributed by atoms with Crippen LogP contribution >= 0.6 is 0 Å². The Hall–Kier alpha value is -5.43. The van der Waals surface area contributed by atoms with Gasteiger partial charge in [0.05, 0.1) is 18.5 Å². The maximum Gasteiger partial charge on any atom is 0.328 e. The first-order chi connectivity index (χ1) is 20.1. The van der Waals surface area contributed by atoms with Crippen molar-refractivity contribution in [1.29, 1.82) is 0 Å². The third-order valence-electron chi connectivity index (χ3n) is 7.10. The SMILES string of the molecule is COC(=O)C(Cc1c[nH]c2ccccc12)NC(=O)/C=C/c1cn(-c2ccccc2)nc1-c1ccc2ccccc2c1. The van der Waals surface area contributed by atoms with Gasteiger partial charge < -0.3 is 15.0 Å². The Bertz CT molecular complexity index is 1880. The standard InChI is InChI=1S/C34H28N4O3/c1-41-34(40)31(20-27-21-35-30-14-8-7-13-29(27)30)36-32(39)18-17-26-22-38(28-11-3-2-4-12-28)37-33(26)25-16-15-23-9-5-6-10-24(23)19-25/h2-19,21-22,31,35H,20H2,1H3,(H,36,39)/b18-17+. The van der Waals surface area contributed by atoms with E-state index >= 15 is 0 Å². The second-order valence-electron chi connectivity index (χ2n) is 9.76. The summed E-state index contributed by atoms with van der Waals surface area (Å²) in [6.07, 6.45) is 7.21. The number of carbonyl (C=O) groups is 2. The maximum absolute atomic E-state index is 13.1. The minimum Gasteiger partial charge on any atom is -0.467 e. The van der Waals surface area contributed by atoms with Crippen LogP contribution in [0.15, 0.2) is 116 Å². The first-order valence-electron chi connectivity index (χ1n) is 13.3. The van der Waals surface area contributed by atoms with Crippen molar-refractivity contribution in [2.75, 3.05) is 7.11 Å². The summed E-state index contributed by atoms with van der Waals surface area (Å²) >= 11 is 0. The number of nitrogens with one attached hydrogen (secondary N) is 2. The van der Waals surface area contributed by atoms with Crippen LogP contribution in [-0.2, 0) is 20.7 Å². The molecule has 0 fully saturated rings. The zero-order valence-electron chi connectivity index (χ0n) is 22.5. The number of hydrogen-bond acceptors (Lipinski definition) is 4. The third kappa shape index (κ3) is 5.51. The molecule has 202 valence electrons. The molecule has 0 aliphatic carbocycles. The molecule has 7 heteroatoms. The summed E-state index contributed by atoms with van der Waals surface area (Å²) in [6, 6.07) is 31.2. The van der Waals surface area contributed by atoms with Crippen molar-refractivity contribution in [2.45, 2.75) is 12.5 Å². The molecule has 0 saturated heterocycles. The lowest BCUT2D eigenvalue weighted by molar-refractivity contribution is -0.144. The van der Waals surface area contributed by atoms with Crippen molar-refractivity contribution in [1.82, 2.24) is 20.1 Å². The van der Waals surface area contributed by atoms with Gasteiger partial charge in [-0.25, -0.2) is 9.48 Å². The van der Waals surface area contributed by atoms with Crippen molar-refractivity contribution in [2.24, 2.45) is 0 Å². The number of aromatic amines is 1. The van der Waals surface area contributed by atoms with Gasteiger partial charge in [0.1, 0.15) is 6.04 Å². The van der Waals surface area contributed by atoms with Gasteiger partial charge >= 0.3 is 5.97 Å². The Labute approximate surface area is 237 Å². The lowest BCUT2D eigenvalue weighted by Crippen LogP contribution is -2.42. The number of carbonyl (C=O) groups excluding carboxylic acids is 2. The lowest BCUT2D eigenvalue weighted by atomic mass is 10.0. The number of nitrogens with zero attached hydrogens (tertiary/aromatic N) is 2. The van der Waals surface area contributed by atoms with E-state index in [0.717, 1.165) is 49.7 Å². The molecular weight excluding hydrogens is 512 g/mol. The Morgan fingerprint density at radius 2 is 1.71 bits per heavy atom. The van der Waals surface area contributed by atoms with Gasteiger partial charge in [0.15, 0.2) is 0 Å². The van der Waals surface area contributed by atoms with Gasteiger partial charge in [-0.15, -0.1) is 0 Å². The van der Waals surface area contributed by atoms with Gasteiger partial charge in [-0.1, -0.05) is 72.8 Å². The number of amides is 1. The van der Waals surface area contributed by atoms with Gasteiger partial charge in [-0.3, -0.25) is 4.79 Å². The molecule has 4 aromatic carbocycles. The van der Waals surface area contributed by atoms with E-state index in [0.29, 0.717) is 6.42 Å². The smallest absolute Gasteiger partial charge is 0.328 e. The van der Waals surface area contributed by atoms with Crippen LogP contribution in [0.5, 0.6) is 0 Å². The fraction of sp³-hybridized carbons (Fsp3) is 0.0882. The molecule has 0 spiro atoms. The minimum absolute atomic E-state index is 0.296. The first-order valence-corrected chi connectivity index (χ1v) is 13.3. The Morgan fingerprint density at radius 3 is 2.54 bits per heavy atom. The van der Waals surface area contributed by atoms with E-state index in [1.807, 2.05) is 85.2 Å². The number of rotatable bonds is 8. The van der Waals surface area contributed by atoms with E-state index in [1.54, 1.807) is 10.8 Å². The molecule has 1 amide bonds. The van der Waals surface area contributed by atoms with Crippen molar-refractivity contribution < 1.29 is 14.3 Å². The van der Waals surface area contributed by atoms with Crippen molar-refractivity contribution in [3.63, 3.8) is 0 Å². The van der Waals surface area contributed by atoms with E-state index in [9.17, 15) is 9.59 Å². The van der Waals surface area contributed by atoms with Crippen molar-refractivity contribution >= 4 is 39.6 Å². The number of methoxy groups -OCH3 is 1. The van der Waals surface area contributed by atoms with Gasteiger partial charge in [0, 0.05) is 46.9 Å². The highest BCUT2D eigenvalue weighted by atomic mass is 16.5. The highest BCUT2D eigenvalue weighted by molar-refractivity contribution is 5.96. The summed E-state index contributed by atoms with van der Waals surface area (Å²) in [7, 11) is 1.32. The van der Waals surface area contributed by atoms with Crippen molar-refractivity contribution in [3.8, 4) is 16.9 Å². The zero-order valence-corrected chi connectivity index (χ0v) is 22.5. The van der Waals surface area contributed by atoms with Crippen molar-refractivity contribution in [3.05, 3.63) is 127 Å². The molecule has 0 radical (unpaired) electrons. The van der Waals surface area contributed by atoms with Gasteiger partial charge in [-0.05, 0) is 46.7 Å². The number of benzene rings is 4. The molecule has 0 saturated carbocycles. The summed E-state index contributed by atoms with van der Waals surface area (Å²) in [5.41, 5.74) is 5.24. The Kier molecular flexibility index (Phi) is 7.15. The molecule has 1 atom stereocenters. The van der Waals surface area contributed by atoms with Gasteiger partial charge in [0.2, 0.25) is 5.91 Å². The van der Waals surface area contributed by atoms with Crippen LogP contribution in [0.3, 0.4) is 0 Å². The fourth-order valence-corrected chi connectivity index (χ4v) is 5.02. The molecular formula is C34H28N4O3. The first kappa shape index (κ1) is 25.8. The van der Waals surface area contributed by atoms with Crippen LogP contribution in [0.2, 0.25) is 0 Å². The van der Waals surface area contributed by atoms with Crippen LogP contribution < -0.4 is 5.32 Å². The molecule has 2 N–H and O–H groups in total. The van der Waals surface area contributed by atoms with Crippen LogP contribution in [0.4, 0.5) is 0 Å². The second-order valence-corrected chi connectivity index (χ2v) is 9.76. The molecule has 0 aliphatic heterocycles. The lowest BCUT2D eigenvalue weighted by Gasteiger charge is -2.15. The largest absolute Gasteiger partial charge is 0.467 e. The van der Waals surface area contributed by atoms with E-state index < -0.39 is 17.9 Å². The summed E-state index contributed by atoms with van der Waals surface area (Å²) in [6.45, 7) is 0. The number of para-hydroxylation sites is 2. The van der Waals surface area contributed by atoms with Gasteiger partial charge in [0.25, 0.3) is 0 Å². The molecule has 2 aromatic heterocycles. The predicted octanol–water partition coefficient (Wildman–Crippen LogP) is 6.09. The normalized spacial score (nSPS) is 12.1. The second kappa shape index (κ2) is 11.4. The topological polar surface area (TPSA) is 89.0 Å². The highest BCUT2D eigenvalue weighted by Gasteiger charge is 2.23. The molecule has 0 bridgehead atoms. The molecule has 2 heterocycles. The van der Waals surface area contributed by atoms with Gasteiger partial charge in [-0.2, -0.15) is 5.10 Å². The van der Waals surface area contributed by atoms with E-state index in [2.05, 4.69) is 34.6 Å². The van der Waals surface area contributed by atoms with E-state index in [1.165, 1.54) is 13.2 Å². The van der Waals surface area contributed by atoms with Crippen LogP contribution in [0.1, 0.15) is 11.1 Å². The number of H-pyrrole nitrogens is 1. The minimum atomic E-state index is -0.844. The van der Waals surface area contributed by atoms with Crippen LogP contribution in [0, 0.1) is 0 Å². The number of aromatic nitrogens is 3. The fourth-order valence-electron chi connectivity index (χ4n) is 5.02. The quantitative estimate of drug-likeness (QED) is 0.181. The summed E-state index contributed by atoms with van der Waals surface area (Å²) in [5.74, 6) is -0.914. The Morgan fingerprint density at radius 1 is 0.951 bits per heavy atom. The molecule has 0 aliphatic rings. The third-order valence-corrected chi connectivity index (χ3v) is 7.10. The number of hydrogen-bond donors (Lipinski definition) is 2. The Balaban J connectivity index is 1.29. The maximum atomic E-state index is 13.1. The monoisotopic (exact) mass is 540 g/mol. The molecule has 41 heavy (non-hydrogen) atoms. The zero-order chi connectivity index (χ0) is 28.2. The molecule has 7 nitrogen and oxygen atoms in total. The number of fused-ring (bicyclic) bond motifs is 2. The molecule has 1 unspecified atom stereocenters. The summed E-state index contributed by atoms with van der Waals surface area (Å²) in [4.78, 5) is 28.9. The van der Waals surface area contributed by atoms with Crippen LogP contribution in [0.25, 0.3) is 44.7 Å². The van der Waals surface area contributed by atoms with Crippen LogP contribution in [-0.4, -0.2) is 39.8 Å². The molecule has 6 aromatic rings. The summed E-state index contributed by atoms with van der Waals surface area (Å²) in [5, 5.41) is 10.9.